The summed E-state index contributed by atoms with van der Waals surface area (Å²) in [7, 11) is 0. The van der Waals surface area contributed by atoms with Crippen molar-refractivity contribution >= 4 is 6.09 Å². The van der Waals surface area contributed by atoms with E-state index in [2.05, 4.69) is 0 Å². The van der Waals surface area contributed by atoms with Gasteiger partial charge in [-0.15, -0.1) is 0 Å². The normalized spacial score (nSPS) is 23.2. The van der Waals surface area contributed by atoms with Gasteiger partial charge in [-0.3, -0.25) is 0 Å². The molecule has 0 spiro atoms. The number of nitrogens with zero attached hydrogens (tertiary/aromatic N) is 1. The molecule has 0 aromatic rings. The lowest BCUT2D eigenvalue weighted by Crippen LogP contribution is -2.45. The van der Waals surface area contributed by atoms with E-state index in [9.17, 15) is 4.79 Å². The Labute approximate surface area is 76.9 Å². The van der Waals surface area contributed by atoms with Gasteiger partial charge in [0.15, 0.2) is 0 Å². The van der Waals surface area contributed by atoms with E-state index >= 15 is 0 Å². The van der Waals surface area contributed by atoms with Crippen LogP contribution in [0.4, 0.5) is 4.79 Å². The SMILES string of the molecule is O=C(O)N1CCOC(CCCO)C1. The highest BCUT2D eigenvalue weighted by Crippen LogP contribution is 2.10. The fourth-order valence-corrected chi connectivity index (χ4v) is 1.39. The molecule has 0 radical (unpaired) electrons. The molecule has 1 atom stereocenters. The first-order valence-corrected chi connectivity index (χ1v) is 4.44. The highest BCUT2D eigenvalue weighted by Gasteiger charge is 2.22. The largest absolute Gasteiger partial charge is 0.465 e. The molecule has 1 heterocycles. The summed E-state index contributed by atoms with van der Waals surface area (Å²) in [5.74, 6) is 0. The Balaban J connectivity index is 2.29. The second-order valence-electron chi connectivity index (χ2n) is 3.09. The van der Waals surface area contributed by atoms with Crippen LogP contribution in [0.2, 0.25) is 0 Å². The fourth-order valence-electron chi connectivity index (χ4n) is 1.39. The zero-order valence-electron chi connectivity index (χ0n) is 7.48. The van der Waals surface area contributed by atoms with Crippen LogP contribution in [-0.2, 0) is 4.74 Å². The van der Waals surface area contributed by atoms with Gasteiger partial charge >= 0.3 is 6.09 Å². The zero-order valence-corrected chi connectivity index (χ0v) is 7.48. The highest BCUT2D eigenvalue weighted by atomic mass is 16.5. The number of amides is 1. The van der Waals surface area contributed by atoms with E-state index in [0.717, 1.165) is 6.42 Å². The van der Waals surface area contributed by atoms with Crippen LogP contribution in [0.3, 0.4) is 0 Å². The van der Waals surface area contributed by atoms with E-state index in [1.54, 1.807) is 0 Å². The monoisotopic (exact) mass is 189 g/mol. The molecule has 76 valence electrons. The molecule has 13 heavy (non-hydrogen) atoms. The molecule has 1 aliphatic rings. The molecule has 5 nitrogen and oxygen atoms in total. The predicted octanol–water partition coefficient (Wildman–Crippen LogP) is 0.138. The van der Waals surface area contributed by atoms with Crippen molar-refractivity contribution in [3.63, 3.8) is 0 Å². The molecule has 1 saturated heterocycles. The fraction of sp³-hybridized carbons (Fsp3) is 0.875. The summed E-state index contributed by atoms with van der Waals surface area (Å²) in [5, 5.41) is 17.3. The number of rotatable bonds is 3. The first-order chi connectivity index (χ1) is 6.24. The van der Waals surface area contributed by atoms with Crippen LogP contribution in [0.5, 0.6) is 0 Å². The minimum Gasteiger partial charge on any atom is -0.465 e. The molecular formula is C8H15NO4. The highest BCUT2D eigenvalue weighted by molar-refractivity contribution is 5.65. The van der Waals surface area contributed by atoms with Crippen LogP contribution < -0.4 is 0 Å². The van der Waals surface area contributed by atoms with Gasteiger partial charge in [0.1, 0.15) is 0 Å². The zero-order chi connectivity index (χ0) is 9.68. The lowest BCUT2D eigenvalue weighted by molar-refractivity contribution is -0.0275. The summed E-state index contributed by atoms with van der Waals surface area (Å²) in [6, 6.07) is 0. The average Bonchev–Trinajstić information content (AvgIpc) is 2.15. The molecule has 0 aromatic heterocycles. The van der Waals surface area contributed by atoms with Gasteiger partial charge in [-0.05, 0) is 12.8 Å². The van der Waals surface area contributed by atoms with Crippen LogP contribution >= 0.6 is 0 Å². The van der Waals surface area contributed by atoms with Gasteiger partial charge in [0.25, 0.3) is 0 Å². The van der Waals surface area contributed by atoms with E-state index in [4.69, 9.17) is 14.9 Å². The van der Waals surface area contributed by atoms with Crippen molar-refractivity contribution in [2.75, 3.05) is 26.3 Å². The van der Waals surface area contributed by atoms with Gasteiger partial charge in [-0.25, -0.2) is 4.79 Å². The van der Waals surface area contributed by atoms with E-state index in [1.165, 1.54) is 4.90 Å². The number of carbonyl (C=O) groups is 1. The van der Waals surface area contributed by atoms with Crippen molar-refractivity contribution in [1.82, 2.24) is 4.90 Å². The minimum absolute atomic E-state index is 0.0444. The van der Waals surface area contributed by atoms with Gasteiger partial charge in [-0.1, -0.05) is 0 Å². The van der Waals surface area contributed by atoms with Gasteiger partial charge in [0.2, 0.25) is 0 Å². The lowest BCUT2D eigenvalue weighted by Gasteiger charge is -2.30. The van der Waals surface area contributed by atoms with Gasteiger partial charge in [0, 0.05) is 13.2 Å². The van der Waals surface area contributed by atoms with Crippen LogP contribution in [0.1, 0.15) is 12.8 Å². The van der Waals surface area contributed by atoms with Crippen molar-refractivity contribution in [2.24, 2.45) is 0 Å². The molecule has 0 saturated carbocycles. The van der Waals surface area contributed by atoms with E-state index in [-0.39, 0.29) is 12.7 Å². The first-order valence-electron chi connectivity index (χ1n) is 4.44. The molecular weight excluding hydrogens is 174 g/mol. The second kappa shape index (κ2) is 5.04. The Kier molecular flexibility index (Phi) is 3.98. The molecule has 0 bridgehead atoms. The molecule has 5 heteroatoms. The number of morpholine rings is 1. The molecule has 1 fully saturated rings. The Morgan fingerprint density at radius 3 is 3.00 bits per heavy atom. The average molecular weight is 189 g/mol. The summed E-state index contributed by atoms with van der Waals surface area (Å²) in [4.78, 5) is 11.9. The second-order valence-corrected chi connectivity index (χ2v) is 3.09. The Hall–Kier alpha value is -0.810. The molecule has 0 aliphatic carbocycles. The van der Waals surface area contributed by atoms with Crippen molar-refractivity contribution < 1.29 is 19.7 Å². The lowest BCUT2D eigenvalue weighted by atomic mass is 10.1. The number of hydrogen-bond donors (Lipinski definition) is 2. The number of hydrogen-bond acceptors (Lipinski definition) is 3. The van der Waals surface area contributed by atoms with Gasteiger partial charge in [-0.2, -0.15) is 0 Å². The van der Waals surface area contributed by atoms with Crippen molar-refractivity contribution in [3.8, 4) is 0 Å². The number of carboxylic acid groups (broad SMARTS) is 1. The third-order valence-electron chi connectivity index (χ3n) is 2.09. The Morgan fingerprint density at radius 1 is 1.62 bits per heavy atom. The number of aliphatic hydroxyl groups excluding tert-OH is 1. The van der Waals surface area contributed by atoms with E-state index in [1.807, 2.05) is 0 Å². The van der Waals surface area contributed by atoms with Crippen molar-refractivity contribution in [1.29, 1.82) is 0 Å². The van der Waals surface area contributed by atoms with E-state index < -0.39 is 6.09 Å². The van der Waals surface area contributed by atoms with Crippen molar-refractivity contribution in [2.45, 2.75) is 18.9 Å². The first kappa shape index (κ1) is 10.3. The molecule has 0 aromatic carbocycles. The molecule has 1 amide bonds. The number of ether oxygens (including phenoxy) is 1. The summed E-state index contributed by atoms with van der Waals surface area (Å²) in [6.45, 7) is 1.47. The predicted molar refractivity (Wildman–Crippen MR) is 45.7 cm³/mol. The maximum Gasteiger partial charge on any atom is 0.407 e. The van der Waals surface area contributed by atoms with Crippen LogP contribution in [0, 0.1) is 0 Å². The smallest absolute Gasteiger partial charge is 0.407 e. The Morgan fingerprint density at radius 2 is 2.38 bits per heavy atom. The van der Waals surface area contributed by atoms with E-state index in [0.29, 0.717) is 26.1 Å². The maximum atomic E-state index is 10.6. The Bertz CT molecular complexity index is 174. The maximum absolute atomic E-state index is 10.6. The molecule has 1 unspecified atom stereocenters. The van der Waals surface area contributed by atoms with Gasteiger partial charge in [0.05, 0.1) is 19.3 Å². The summed E-state index contributed by atoms with van der Waals surface area (Å²) in [5.41, 5.74) is 0. The van der Waals surface area contributed by atoms with Crippen LogP contribution in [-0.4, -0.2) is 53.6 Å². The third-order valence-corrected chi connectivity index (χ3v) is 2.09. The molecule has 1 rings (SSSR count). The molecule has 2 N–H and O–H groups in total. The quantitative estimate of drug-likeness (QED) is 0.662. The number of aliphatic hydroxyl groups is 1. The summed E-state index contributed by atoms with van der Waals surface area (Å²) < 4.78 is 5.34. The summed E-state index contributed by atoms with van der Waals surface area (Å²) >= 11 is 0. The van der Waals surface area contributed by atoms with Crippen LogP contribution in [0.15, 0.2) is 0 Å². The minimum atomic E-state index is -0.891. The van der Waals surface area contributed by atoms with Crippen LogP contribution in [0.25, 0.3) is 0 Å². The topological polar surface area (TPSA) is 70.0 Å². The standard InChI is InChI=1S/C8H15NO4/c10-4-1-2-7-6-9(8(11)12)3-5-13-7/h7,10H,1-6H2,(H,11,12). The summed E-state index contributed by atoms with van der Waals surface area (Å²) in [6.07, 6.45) is 0.451. The van der Waals surface area contributed by atoms with Gasteiger partial charge < -0.3 is 19.8 Å². The third kappa shape index (κ3) is 3.20. The van der Waals surface area contributed by atoms with Crippen molar-refractivity contribution in [3.05, 3.63) is 0 Å². The molecule has 1 aliphatic heterocycles.